The summed E-state index contributed by atoms with van der Waals surface area (Å²) >= 11 is 4.05. The summed E-state index contributed by atoms with van der Waals surface area (Å²) in [5.41, 5.74) is -1.32. The fourth-order valence-electron chi connectivity index (χ4n) is 2.88. The topological polar surface area (TPSA) is 71.2 Å². The summed E-state index contributed by atoms with van der Waals surface area (Å²) in [6.07, 6.45) is -3.86. The predicted molar refractivity (Wildman–Crippen MR) is 78.4 cm³/mol. The zero-order chi connectivity index (χ0) is 17.6. The molecule has 2 rings (SSSR count). The van der Waals surface area contributed by atoms with Crippen molar-refractivity contribution in [2.75, 3.05) is 0 Å². The SMILES string of the molecule is C=C(S)[C@]1(O)C[C@H](C)N(C(=O)C(F)(F)F)[C@H](c2cn(C)nn2)C1. The van der Waals surface area contributed by atoms with Gasteiger partial charge in [0.15, 0.2) is 0 Å². The van der Waals surface area contributed by atoms with Gasteiger partial charge in [-0.1, -0.05) is 11.8 Å². The largest absolute Gasteiger partial charge is 0.471 e. The lowest BCUT2D eigenvalue weighted by Crippen LogP contribution is -2.56. The van der Waals surface area contributed by atoms with Crippen LogP contribution in [-0.2, 0) is 11.8 Å². The highest BCUT2D eigenvalue weighted by Gasteiger charge is 2.52. The summed E-state index contributed by atoms with van der Waals surface area (Å²) < 4.78 is 40.1. The second-order valence-corrected chi connectivity index (χ2v) is 6.32. The number of nitrogens with zero attached hydrogens (tertiary/aromatic N) is 4. The normalized spacial score (nSPS) is 28.7. The van der Waals surface area contributed by atoms with Crippen molar-refractivity contribution in [2.24, 2.45) is 7.05 Å². The number of likely N-dealkylation sites (tertiary alicyclic amines) is 1. The summed E-state index contributed by atoms with van der Waals surface area (Å²) in [6, 6.07) is -1.95. The van der Waals surface area contributed by atoms with E-state index in [1.54, 1.807) is 7.05 Å². The molecular weight excluding hydrogens is 333 g/mol. The summed E-state index contributed by atoms with van der Waals surface area (Å²) in [5.74, 6) is -1.97. The minimum Gasteiger partial charge on any atom is -0.384 e. The van der Waals surface area contributed by atoms with Gasteiger partial charge in [-0.25, -0.2) is 0 Å². The first-order chi connectivity index (χ1) is 10.5. The van der Waals surface area contributed by atoms with E-state index in [0.29, 0.717) is 4.90 Å². The van der Waals surface area contributed by atoms with Crippen molar-refractivity contribution in [1.82, 2.24) is 19.9 Å². The van der Waals surface area contributed by atoms with Gasteiger partial charge in [0.05, 0.1) is 17.8 Å². The molecule has 0 radical (unpaired) electrons. The van der Waals surface area contributed by atoms with Gasteiger partial charge in [0.2, 0.25) is 0 Å². The van der Waals surface area contributed by atoms with E-state index < -0.39 is 29.8 Å². The molecule has 3 atom stereocenters. The van der Waals surface area contributed by atoms with Gasteiger partial charge in [0.1, 0.15) is 5.69 Å². The van der Waals surface area contributed by atoms with Crippen LogP contribution < -0.4 is 0 Å². The van der Waals surface area contributed by atoms with Crippen molar-refractivity contribution in [3.63, 3.8) is 0 Å². The third-order valence-corrected chi connectivity index (χ3v) is 4.37. The highest BCUT2D eigenvalue weighted by atomic mass is 32.1. The summed E-state index contributed by atoms with van der Waals surface area (Å²) in [5, 5.41) is 18.1. The van der Waals surface area contributed by atoms with Crippen LogP contribution in [0, 0.1) is 0 Å². The number of thiol groups is 1. The first-order valence-corrected chi connectivity index (χ1v) is 7.27. The first kappa shape index (κ1) is 17.8. The van der Waals surface area contributed by atoms with Gasteiger partial charge in [-0.2, -0.15) is 13.2 Å². The fourth-order valence-corrected chi connectivity index (χ4v) is 3.07. The van der Waals surface area contributed by atoms with E-state index in [1.165, 1.54) is 17.8 Å². The quantitative estimate of drug-likeness (QED) is 0.795. The number of hydrogen-bond donors (Lipinski definition) is 2. The summed E-state index contributed by atoms with van der Waals surface area (Å²) in [4.78, 5) is 12.7. The minimum atomic E-state index is -5.01. The Balaban J connectivity index is 2.47. The number of hydrogen-bond acceptors (Lipinski definition) is 5. The molecule has 23 heavy (non-hydrogen) atoms. The molecule has 0 unspecified atom stereocenters. The molecular formula is C13H17F3N4O2S. The third kappa shape index (κ3) is 3.37. The van der Waals surface area contributed by atoms with E-state index in [9.17, 15) is 23.1 Å². The minimum absolute atomic E-state index is 0.0894. The third-order valence-electron chi connectivity index (χ3n) is 3.95. The van der Waals surface area contributed by atoms with Crippen molar-refractivity contribution in [2.45, 2.75) is 43.6 Å². The number of piperidine rings is 1. The highest BCUT2D eigenvalue weighted by molar-refractivity contribution is 7.84. The van der Waals surface area contributed by atoms with Crippen molar-refractivity contribution >= 4 is 18.5 Å². The molecule has 0 saturated carbocycles. The van der Waals surface area contributed by atoms with Gasteiger partial charge in [-0.15, -0.1) is 17.7 Å². The van der Waals surface area contributed by atoms with Crippen LogP contribution in [0.3, 0.4) is 0 Å². The van der Waals surface area contributed by atoms with Gasteiger partial charge in [-0.05, 0) is 6.92 Å². The number of halogens is 3. The highest BCUT2D eigenvalue weighted by Crippen LogP contribution is 2.44. The van der Waals surface area contributed by atoms with Crippen LogP contribution >= 0.6 is 12.6 Å². The Labute approximate surface area is 136 Å². The van der Waals surface area contributed by atoms with Gasteiger partial charge >= 0.3 is 12.1 Å². The summed E-state index contributed by atoms with van der Waals surface area (Å²) in [7, 11) is 1.56. The molecule has 0 bridgehead atoms. The number of alkyl halides is 3. The Hall–Kier alpha value is -1.55. The maximum absolute atomic E-state index is 12.9. The maximum atomic E-state index is 12.9. The molecule has 10 heteroatoms. The average molecular weight is 350 g/mol. The standard InChI is InChI=1S/C13H17F3N4O2S/c1-7-4-12(22,8(2)23)5-10(9-6-19(3)18-17-9)20(7)11(21)13(14,15)16/h6-7,10,22-23H,2,4-5H2,1,3H3/t7-,10-,12-/m0/s1. The zero-order valence-electron chi connectivity index (χ0n) is 12.6. The lowest BCUT2D eigenvalue weighted by atomic mass is 9.81. The summed E-state index contributed by atoms with van der Waals surface area (Å²) in [6.45, 7) is 5.02. The second-order valence-electron chi connectivity index (χ2n) is 5.78. The monoisotopic (exact) mass is 350 g/mol. The molecule has 1 amide bonds. The molecule has 1 fully saturated rings. The number of aliphatic hydroxyl groups is 1. The number of carbonyl (C=O) groups excluding carboxylic acids is 1. The lowest BCUT2D eigenvalue weighted by Gasteiger charge is -2.47. The molecule has 0 spiro atoms. The van der Waals surface area contributed by atoms with E-state index >= 15 is 0 Å². The molecule has 0 aliphatic carbocycles. The smallest absolute Gasteiger partial charge is 0.384 e. The lowest BCUT2D eigenvalue weighted by molar-refractivity contribution is -0.196. The number of amides is 1. The van der Waals surface area contributed by atoms with Gasteiger partial charge in [0, 0.05) is 30.8 Å². The second kappa shape index (κ2) is 5.82. The Morgan fingerprint density at radius 2 is 2.13 bits per heavy atom. The van der Waals surface area contributed by atoms with Crippen molar-refractivity contribution < 1.29 is 23.1 Å². The Kier molecular flexibility index (Phi) is 4.51. The van der Waals surface area contributed by atoms with Crippen LogP contribution in [-0.4, -0.2) is 48.7 Å². The van der Waals surface area contributed by atoms with E-state index in [2.05, 4.69) is 29.5 Å². The molecule has 1 aromatic heterocycles. The van der Waals surface area contributed by atoms with Gasteiger partial charge in [-0.3, -0.25) is 9.48 Å². The van der Waals surface area contributed by atoms with Crippen molar-refractivity contribution in [1.29, 1.82) is 0 Å². The molecule has 1 aliphatic rings. The molecule has 1 aromatic rings. The van der Waals surface area contributed by atoms with Crippen molar-refractivity contribution in [3.8, 4) is 0 Å². The van der Waals surface area contributed by atoms with Crippen LogP contribution in [0.1, 0.15) is 31.5 Å². The fraction of sp³-hybridized carbons (Fsp3) is 0.615. The van der Waals surface area contributed by atoms with Crippen LogP contribution in [0.5, 0.6) is 0 Å². The van der Waals surface area contributed by atoms with E-state index in [1.807, 2.05) is 0 Å². The van der Waals surface area contributed by atoms with Crippen LogP contribution in [0.4, 0.5) is 13.2 Å². The van der Waals surface area contributed by atoms with E-state index in [4.69, 9.17) is 0 Å². The van der Waals surface area contributed by atoms with Crippen LogP contribution in [0.25, 0.3) is 0 Å². The molecule has 1 saturated heterocycles. The van der Waals surface area contributed by atoms with Crippen molar-refractivity contribution in [3.05, 3.63) is 23.4 Å². The zero-order valence-corrected chi connectivity index (χ0v) is 13.5. The predicted octanol–water partition coefficient (Wildman–Crippen LogP) is 1.60. The van der Waals surface area contributed by atoms with Gasteiger partial charge < -0.3 is 10.0 Å². The molecule has 1 aliphatic heterocycles. The molecule has 1 N–H and O–H groups in total. The van der Waals surface area contributed by atoms with E-state index in [0.717, 1.165) is 0 Å². The number of rotatable bonds is 2. The Morgan fingerprint density at radius 1 is 1.52 bits per heavy atom. The Bertz CT molecular complexity index is 633. The Morgan fingerprint density at radius 3 is 2.57 bits per heavy atom. The first-order valence-electron chi connectivity index (χ1n) is 6.82. The molecule has 0 aromatic carbocycles. The number of aromatic nitrogens is 3. The maximum Gasteiger partial charge on any atom is 0.471 e. The van der Waals surface area contributed by atoms with Crippen LogP contribution in [0.15, 0.2) is 17.7 Å². The average Bonchev–Trinajstić information content (AvgIpc) is 2.82. The number of carbonyl (C=O) groups is 1. The van der Waals surface area contributed by atoms with Crippen LogP contribution in [0.2, 0.25) is 0 Å². The molecule has 6 nitrogen and oxygen atoms in total. The van der Waals surface area contributed by atoms with E-state index in [-0.39, 0.29) is 23.4 Å². The van der Waals surface area contributed by atoms with Gasteiger partial charge in [0.25, 0.3) is 0 Å². The molecule has 2 heterocycles. The number of aryl methyl sites for hydroxylation is 1. The molecule has 128 valence electrons.